The van der Waals surface area contributed by atoms with E-state index in [1.54, 1.807) is 20.1 Å². The van der Waals surface area contributed by atoms with Gasteiger partial charge in [0.1, 0.15) is 22.8 Å². The fourth-order valence-corrected chi connectivity index (χ4v) is 4.51. The van der Waals surface area contributed by atoms with Crippen molar-refractivity contribution in [1.29, 1.82) is 0 Å². The average Bonchev–Trinajstić information content (AvgIpc) is 3.19. The minimum absolute atomic E-state index is 0.185. The maximum absolute atomic E-state index is 13.9. The molecule has 170 valence electrons. The molecule has 5 rings (SSSR count). The van der Waals surface area contributed by atoms with E-state index >= 15 is 0 Å². The molecule has 2 aromatic heterocycles. The first-order valence-corrected chi connectivity index (χ1v) is 11.3. The molecule has 0 spiro atoms. The Morgan fingerprint density at radius 1 is 1.03 bits per heavy atom. The van der Waals surface area contributed by atoms with Gasteiger partial charge >= 0.3 is 0 Å². The summed E-state index contributed by atoms with van der Waals surface area (Å²) in [6.45, 7) is 7.99. The first-order chi connectivity index (χ1) is 16.0. The normalized spacial score (nSPS) is 14.1. The third-order valence-electron chi connectivity index (χ3n) is 6.17. The number of rotatable bonds is 5. The molecule has 1 fully saturated rings. The molecule has 0 radical (unpaired) electrons. The smallest absolute Gasteiger partial charge is 0.207 e. The third kappa shape index (κ3) is 4.04. The maximum atomic E-state index is 13.9. The van der Waals surface area contributed by atoms with E-state index in [0.717, 1.165) is 71.4 Å². The van der Waals surface area contributed by atoms with Crippen LogP contribution in [-0.2, 0) is 6.54 Å². The Bertz CT molecular complexity index is 1310. The SMILES string of the molecule is COc1ccccc1-c1nc(C)cc2c1nc(N1CCNCC1)n2Cc1ccc(F)c(C)c1. The molecule has 0 aliphatic carbocycles. The molecule has 1 aliphatic rings. The Morgan fingerprint density at radius 3 is 2.58 bits per heavy atom. The van der Waals surface area contributed by atoms with Crippen molar-refractivity contribution in [1.82, 2.24) is 19.9 Å². The van der Waals surface area contributed by atoms with Gasteiger partial charge in [-0.25, -0.2) is 9.37 Å². The fraction of sp³-hybridized carbons (Fsp3) is 0.308. The van der Waals surface area contributed by atoms with E-state index < -0.39 is 0 Å². The number of aryl methyl sites for hydroxylation is 2. The number of piperazine rings is 1. The van der Waals surface area contributed by atoms with Crippen LogP contribution >= 0.6 is 0 Å². The summed E-state index contributed by atoms with van der Waals surface area (Å²) in [4.78, 5) is 12.3. The molecule has 33 heavy (non-hydrogen) atoms. The molecule has 1 aliphatic heterocycles. The Morgan fingerprint density at radius 2 is 1.82 bits per heavy atom. The standard InChI is InChI=1S/C26H28FN5O/c1-17-14-19(8-9-21(17)27)16-32-22-15-18(2)29-24(20-6-4-5-7-23(20)33-3)25(22)30-26(32)31-12-10-28-11-13-31/h4-9,14-15,28H,10-13,16H2,1-3H3. The molecular formula is C26H28FN5O. The molecule has 3 heterocycles. The molecule has 4 aromatic rings. The van der Waals surface area contributed by atoms with E-state index in [9.17, 15) is 4.39 Å². The minimum atomic E-state index is -0.185. The second-order valence-corrected chi connectivity index (χ2v) is 8.50. The van der Waals surface area contributed by atoms with Crippen molar-refractivity contribution in [2.45, 2.75) is 20.4 Å². The predicted molar refractivity (Wildman–Crippen MR) is 130 cm³/mol. The van der Waals surface area contributed by atoms with Crippen molar-refractivity contribution in [2.24, 2.45) is 0 Å². The van der Waals surface area contributed by atoms with Gasteiger partial charge < -0.3 is 19.5 Å². The molecule has 0 amide bonds. The number of nitrogens with one attached hydrogen (secondary N) is 1. The van der Waals surface area contributed by atoms with Crippen molar-refractivity contribution < 1.29 is 9.13 Å². The van der Waals surface area contributed by atoms with E-state index in [2.05, 4.69) is 20.9 Å². The highest BCUT2D eigenvalue weighted by atomic mass is 19.1. The van der Waals surface area contributed by atoms with Gasteiger partial charge in [-0.2, -0.15) is 0 Å². The number of ether oxygens (including phenoxy) is 1. The van der Waals surface area contributed by atoms with Crippen LogP contribution in [0.2, 0.25) is 0 Å². The van der Waals surface area contributed by atoms with Crippen molar-refractivity contribution in [3.63, 3.8) is 0 Å². The number of fused-ring (bicyclic) bond motifs is 1. The lowest BCUT2D eigenvalue weighted by Crippen LogP contribution is -2.44. The van der Waals surface area contributed by atoms with E-state index in [0.29, 0.717) is 12.1 Å². The van der Waals surface area contributed by atoms with Gasteiger partial charge in [0.15, 0.2) is 0 Å². The van der Waals surface area contributed by atoms with Crippen molar-refractivity contribution in [2.75, 3.05) is 38.2 Å². The molecule has 1 N–H and O–H groups in total. The summed E-state index contributed by atoms with van der Waals surface area (Å²) in [6.07, 6.45) is 0. The number of nitrogens with zero attached hydrogens (tertiary/aromatic N) is 4. The quantitative estimate of drug-likeness (QED) is 0.496. The third-order valence-corrected chi connectivity index (χ3v) is 6.17. The van der Waals surface area contributed by atoms with Crippen molar-refractivity contribution in [3.05, 3.63) is 71.2 Å². The number of hydrogen-bond acceptors (Lipinski definition) is 5. The summed E-state index contributed by atoms with van der Waals surface area (Å²) >= 11 is 0. The van der Waals surface area contributed by atoms with E-state index in [-0.39, 0.29) is 5.82 Å². The number of benzene rings is 2. The highest BCUT2D eigenvalue weighted by Gasteiger charge is 2.23. The predicted octanol–water partition coefficient (Wildman–Crippen LogP) is 4.32. The molecule has 7 heteroatoms. The number of pyridine rings is 1. The van der Waals surface area contributed by atoms with Gasteiger partial charge in [0.25, 0.3) is 0 Å². The summed E-state index contributed by atoms with van der Waals surface area (Å²) in [5, 5.41) is 3.41. The van der Waals surface area contributed by atoms with Gasteiger partial charge in [-0.15, -0.1) is 0 Å². The number of methoxy groups -OCH3 is 1. The molecule has 0 atom stereocenters. The zero-order valence-electron chi connectivity index (χ0n) is 19.2. The number of halogens is 1. The minimum Gasteiger partial charge on any atom is -0.496 e. The van der Waals surface area contributed by atoms with Crippen LogP contribution in [0, 0.1) is 19.7 Å². The van der Waals surface area contributed by atoms with Crippen LogP contribution in [0.1, 0.15) is 16.8 Å². The molecule has 1 saturated heterocycles. The molecule has 0 unspecified atom stereocenters. The average molecular weight is 446 g/mol. The summed E-state index contributed by atoms with van der Waals surface area (Å²) in [5.74, 6) is 1.50. The second kappa shape index (κ2) is 8.83. The zero-order chi connectivity index (χ0) is 22.9. The van der Waals surface area contributed by atoms with Crippen LogP contribution in [0.4, 0.5) is 10.3 Å². The molecule has 0 bridgehead atoms. The van der Waals surface area contributed by atoms with Gasteiger partial charge in [0.05, 0.1) is 19.2 Å². The molecule has 0 saturated carbocycles. The lowest BCUT2D eigenvalue weighted by Gasteiger charge is -2.29. The lowest BCUT2D eigenvalue weighted by atomic mass is 10.1. The Balaban J connectivity index is 1.73. The van der Waals surface area contributed by atoms with Crippen LogP contribution in [0.15, 0.2) is 48.5 Å². The summed E-state index contributed by atoms with van der Waals surface area (Å²) in [7, 11) is 1.67. The van der Waals surface area contributed by atoms with Crippen LogP contribution < -0.4 is 15.0 Å². The first kappa shape index (κ1) is 21.4. The van der Waals surface area contributed by atoms with Crippen molar-refractivity contribution >= 4 is 17.0 Å². The largest absolute Gasteiger partial charge is 0.496 e. The summed E-state index contributed by atoms with van der Waals surface area (Å²) in [6, 6.07) is 15.3. The van der Waals surface area contributed by atoms with E-state index in [1.165, 1.54) is 0 Å². The Hall–Kier alpha value is -3.45. The summed E-state index contributed by atoms with van der Waals surface area (Å²) in [5.41, 5.74) is 6.19. The number of hydrogen-bond donors (Lipinski definition) is 1. The van der Waals surface area contributed by atoms with Gasteiger partial charge in [-0.3, -0.25) is 4.98 Å². The van der Waals surface area contributed by atoms with Crippen molar-refractivity contribution in [3.8, 4) is 17.0 Å². The van der Waals surface area contributed by atoms with Crippen LogP contribution in [0.5, 0.6) is 5.75 Å². The van der Waals surface area contributed by atoms with Gasteiger partial charge in [-0.1, -0.05) is 24.3 Å². The van der Waals surface area contributed by atoms with Gasteiger partial charge in [-0.05, 0) is 49.2 Å². The molecule has 6 nitrogen and oxygen atoms in total. The van der Waals surface area contributed by atoms with Crippen LogP contribution in [0.25, 0.3) is 22.3 Å². The fourth-order valence-electron chi connectivity index (χ4n) is 4.51. The lowest BCUT2D eigenvalue weighted by molar-refractivity contribution is 0.416. The number of imidazole rings is 1. The Kier molecular flexibility index (Phi) is 5.72. The van der Waals surface area contributed by atoms with Gasteiger partial charge in [0, 0.05) is 37.4 Å². The van der Waals surface area contributed by atoms with E-state index in [4.69, 9.17) is 14.7 Å². The number of anilines is 1. The van der Waals surface area contributed by atoms with E-state index in [1.807, 2.05) is 43.3 Å². The molecular weight excluding hydrogens is 417 g/mol. The number of para-hydroxylation sites is 1. The monoisotopic (exact) mass is 445 g/mol. The second-order valence-electron chi connectivity index (χ2n) is 8.50. The van der Waals surface area contributed by atoms with Gasteiger partial charge in [0.2, 0.25) is 5.95 Å². The highest BCUT2D eigenvalue weighted by Crippen LogP contribution is 2.36. The number of aromatic nitrogens is 3. The Labute approximate surface area is 193 Å². The topological polar surface area (TPSA) is 55.2 Å². The van der Waals surface area contributed by atoms with Crippen LogP contribution in [-0.4, -0.2) is 47.8 Å². The summed E-state index contributed by atoms with van der Waals surface area (Å²) < 4.78 is 21.8. The molecule has 2 aromatic carbocycles. The van der Waals surface area contributed by atoms with Crippen LogP contribution in [0.3, 0.4) is 0 Å². The zero-order valence-corrected chi connectivity index (χ0v) is 19.2. The highest BCUT2D eigenvalue weighted by molar-refractivity contribution is 5.93. The first-order valence-electron chi connectivity index (χ1n) is 11.3. The maximum Gasteiger partial charge on any atom is 0.207 e.